The molecule has 7 nitrogen and oxygen atoms in total. The van der Waals surface area contributed by atoms with Crippen LogP contribution in [-0.2, 0) is 9.84 Å². The fourth-order valence-corrected chi connectivity index (χ4v) is 2.92. The normalized spacial score (nSPS) is 17.2. The Labute approximate surface area is 117 Å². The Balaban J connectivity index is 2.41. The van der Waals surface area contributed by atoms with Crippen molar-refractivity contribution in [2.75, 3.05) is 44.4 Å². The zero-order chi connectivity index (χ0) is 14.9. The van der Waals surface area contributed by atoms with Crippen LogP contribution >= 0.6 is 0 Å². The first-order valence-electron chi connectivity index (χ1n) is 6.34. The van der Waals surface area contributed by atoms with Gasteiger partial charge in [0.1, 0.15) is 5.69 Å². The molecule has 1 aromatic rings. The molecule has 0 bridgehead atoms. The zero-order valence-corrected chi connectivity index (χ0v) is 12.3. The number of hydrogen-bond acceptors (Lipinski definition) is 5. The lowest BCUT2D eigenvalue weighted by Gasteiger charge is -2.31. The van der Waals surface area contributed by atoms with Crippen molar-refractivity contribution >= 4 is 21.2 Å². The van der Waals surface area contributed by atoms with Gasteiger partial charge in [-0.25, -0.2) is 8.42 Å². The van der Waals surface area contributed by atoms with Gasteiger partial charge in [0.25, 0.3) is 5.69 Å². The molecule has 0 unspecified atom stereocenters. The third-order valence-corrected chi connectivity index (χ3v) is 4.64. The van der Waals surface area contributed by atoms with Crippen LogP contribution in [-0.4, -0.2) is 52.8 Å². The molecule has 1 fully saturated rings. The summed E-state index contributed by atoms with van der Waals surface area (Å²) in [6.07, 6.45) is 1.05. The smallest absolute Gasteiger partial charge is 0.293 e. The SMILES string of the molecule is C[NH+]1CCN(c2ccc(S(C)(=O)=O)cc2[N+](=O)[O-])CC1. The summed E-state index contributed by atoms with van der Waals surface area (Å²) < 4.78 is 23.0. The minimum absolute atomic E-state index is 0.0206. The van der Waals surface area contributed by atoms with Gasteiger partial charge in [0.15, 0.2) is 9.84 Å². The number of piperazine rings is 1. The summed E-state index contributed by atoms with van der Waals surface area (Å²) >= 11 is 0. The van der Waals surface area contributed by atoms with Crippen LogP contribution in [0, 0.1) is 10.1 Å². The minimum Gasteiger partial charge on any atom is -0.355 e. The van der Waals surface area contributed by atoms with Crippen molar-refractivity contribution in [2.45, 2.75) is 4.90 Å². The summed E-state index contributed by atoms with van der Waals surface area (Å²) in [5.74, 6) is 0. The molecule has 0 spiro atoms. The number of likely N-dealkylation sites (N-methyl/N-ethyl adjacent to an activating group) is 1. The van der Waals surface area contributed by atoms with Crippen molar-refractivity contribution in [3.05, 3.63) is 28.3 Å². The number of sulfone groups is 1. The van der Waals surface area contributed by atoms with Crippen molar-refractivity contribution in [3.8, 4) is 0 Å². The van der Waals surface area contributed by atoms with Crippen LogP contribution in [0.1, 0.15) is 0 Å². The van der Waals surface area contributed by atoms with Crippen LogP contribution in [0.3, 0.4) is 0 Å². The Bertz CT molecular complexity index is 622. The highest BCUT2D eigenvalue weighted by Gasteiger charge is 2.25. The molecule has 1 N–H and O–H groups in total. The van der Waals surface area contributed by atoms with E-state index < -0.39 is 14.8 Å². The van der Waals surface area contributed by atoms with Gasteiger partial charge in [0, 0.05) is 12.3 Å². The van der Waals surface area contributed by atoms with Crippen LogP contribution in [0.15, 0.2) is 23.1 Å². The second-order valence-corrected chi connectivity index (χ2v) is 7.14. The maximum atomic E-state index is 11.5. The second kappa shape index (κ2) is 5.37. The van der Waals surface area contributed by atoms with E-state index in [4.69, 9.17) is 0 Å². The molecule has 8 heteroatoms. The molecule has 2 rings (SSSR count). The number of nitrogens with one attached hydrogen (secondary N) is 1. The Morgan fingerprint density at radius 1 is 1.30 bits per heavy atom. The number of benzene rings is 1. The van der Waals surface area contributed by atoms with Gasteiger partial charge in [-0.05, 0) is 12.1 Å². The molecule has 0 radical (unpaired) electrons. The summed E-state index contributed by atoms with van der Waals surface area (Å²) in [5.41, 5.74) is 0.349. The molecule has 1 aliphatic heterocycles. The molecule has 1 heterocycles. The first-order chi connectivity index (χ1) is 9.29. The number of nitro groups is 1. The topological polar surface area (TPSA) is 85.0 Å². The van der Waals surface area contributed by atoms with E-state index >= 15 is 0 Å². The van der Waals surface area contributed by atoms with Crippen LogP contribution in [0.5, 0.6) is 0 Å². The average Bonchev–Trinajstić information content (AvgIpc) is 2.38. The summed E-state index contributed by atoms with van der Waals surface area (Å²) in [6.45, 7) is 3.27. The predicted molar refractivity (Wildman–Crippen MR) is 75.0 cm³/mol. The molecular formula is C12H18N3O4S+. The lowest BCUT2D eigenvalue weighted by atomic mass is 10.2. The Morgan fingerprint density at radius 2 is 1.90 bits per heavy atom. The number of nitro benzene ring substituents is 1. The van der Waals surface area contributed by atoms with E-state index in [0.29, 0.717) is 5.69 Å². The van der Waals surface area contributed by atoms with Gasteiger partial charge in [0.2, 0.25) is 0 Å². The number of nitrogens with zero attached hydrogens (tertiary/aromatic N) is 2. The molecule has 0 atom stereocenters. The Hall–Kier alpha value is -1.67. The lowest BCUT2D eigenvalue weighted by molar-refractivity contribution is -0.880. The first-order valence-corrected chi connectivity index (χ1v) is 8.23. The molecule has 1 aromatic carbocycles. The highest BCUT2D eigenvalue weighted by Crippen LogP contribution is 2.30. The summed E-state index contributed by atoms with van der Waals surface area (Å²) in [7, 11) is -1.36. The molecule has 0 aromatic heterocycles. The maximum absolute atomic E-state index is 11.5. The summed E-state index contributed by atoms with van der Waals surface area (Å²) in [6, 6.07) is 4.12. The highest BCUT2D eigenvalue weighted by atomic mass is 32.2. The molecule has 0 saturated carbocycles. The van der Waals surface area contributed by atoms with Crippen molar-refractivity contribution < 1.29 is 18.2 Å². The summed E-state index contributed by atoms with van der Waals surface area (Å²) in [4.78, 5) is 14.0. The molecule has 0 aliphatic carbocycles. The minimum atomic E-state index is -3.44. The van der Waals surface area contributed by atoms with E-state index in [1.807, 2.05) is 4.90 Å². The fourth-order valence-electron chi connectivity index (χ4n) is 2.28. The molecule has 0 amide bonds. The third kappa shape index (κ3) is 3.07. The molecule has 1 aliphatic rings. The predicted octanol–water partition coefficient (Wildman–Crippen LogP) is -0.667. The van der Waals surface area contributed by atoms with Crippen LogP contribution < -0.4 is 9.80 Å². The standard InChI is InChI=1S/C12H17N3O4S/c1-13-5-7-14(8-6-13)11-4-3-10(20(2,18)19)9-12(11)15(16)17/h3-4,9H,5-8H2,1-2H3/p+1. The van der Waals surface area contributed by atoms with Crippen molar-refractivity contribution in [3.63, 3.8) is 0 Å². The van der Waals surface area contributed by atoms with E-state index in [1.54, 1.807) is 0 Å². The maximum Gasteiger partial charge on any atom is 0.293 e. The number of hydrogen-bond donors (Lipinski definition) is 1. The monoisotopic (exact) mass is 300 g/mol. The van der Waals surface area contributed by atoms with Gasteiger partial charge in [-0.15, -0.1) is 0 Å². The highest BCUT2D eigenvalue weighted by molar-refractivity contribution is 7.90. The van der Waals surface area contributed by atoms with E-state index in [1.165, 1.54) is 17.0 Å². The third-order valence-electron chi connectivity index (χ3n) is 3.53. The van der Waals surface area contributed by atoms with E-state index in [9.17, 15) is 18.5 Å². The quantitative estimate of drug-likeness (QED) is 0.591. The molecular weight excluding hydrogens is 282 g/mol. The average molecular weight is 300 g/mol. The molecule has 1 saturated heterocycles. The van der Waals surface area contributed by atoms with Gasteiger partial charge in [-0.2, -0.15) is 0 Å². The van der Waals surface area contributed by atoms with Gasteiger partial charge in [0.05, 0.1) is 43.0 Å². The van der Waals surface area contributed by atoms with E-state index in [-0.39, 0.29) is 10.6 Å². The number of anilines is 1. The van der Waals surface area contributed by atoms with Gasteiger partial charge in [-0.1, -0.05) is 0 Å². The van der Waals surface area contributed by atoms with Gasteiger partial charge >= 0.3 is 0 Å². The zero-order valence-electron chi connectivity index (χ0n) is 11.5. The number of quaternary nitrogens is 1. The lowest BCUT2D eigenvalue weighted by Crippen LogP contribution is -3.12. The van der Waals surface area contributed by atoms with Gasteiger partial charge in [-0.3, -0.25) is 10.1 Å². The Morgan fingerprint density at radius 3 is 2.40 bits per heavy atom. The van der Waals surface area contributed by atoms with Gasteiger partial charge < -0.3 is 9.80 Å². The molecule has 110 valence electrons. The van der Waals surface area contributed by atoms with Crippen LogP contribution in [0.25, 0.3) is 0 Å². The first kappa shape index (κ1) is 14.7. The van der Waals surface area contributed by atoms with Crippen molar-refractivity contribution in [1.82, 2.24) is 0 Å². The van der Waals surface area contributed by atoms with Crippen molar-refractivity contribution in [1.29, 1.82) is 0 Å². The van der Waals surface area contributed by atoms with E-state index in [2.05, 4.69) is 7.05 Å². The van der Waals surface area contributed by atoms with Crippen LogP contribution in [0.4, 0.5) is 11.4 Å². The summed E-state index contributed by atoms with van der Waals surface area (Å²) in [5, 5.41) is 11.2. The number of rotatable bonds is 3. The molecule has 20 heavy (non-hydrogen) atoms. The fraction of sp³-hybridized carbons (Fsp3) is 0.500. The van der Waals surface area contributed by atoms with E-state index in [0.717, 1.165) is 38.5 Å². The largest absolute Gasteiger partial charge is 0.355 e. The Kier molecular flexibility index (Phi) is 3.96. The second-order valence-electron chi connectivity index (χ2n) is 5.12. The van der Waals surface area contributed by atoms with Crippen LogP contribution in [0.2, 0.25) is 0 Å². The van der Waals surface area contributed by atoms with Crippen molar-refractivity contribution in [2.24, 2.45) is 0 Å².